The molecule has 0 saturated carbocycles. The highest BCUT2D eigenvalue weighted by Gasteiger charge is 2.42. The van der Waals surface area contributed by atoms with Gasteiger partial charge in [-0.25, -0.2) is 4.79 Å². The van der Waals surface area contributed by atoms with Gasteiger partial charge in [0.1, 0.15) is 5.60 Å². The van der Waals surface area contributed by atoms with Gasteiger partial charge in [0, 0.05) is 32.6 Å². The minimum Gasteiger partial charge on any atom is -0.441 e. The van der Waals surface area contributed by atoms with Crippen molar-refractivity contribution in [2.75, 3.05) is 39.8 Å². The normalized spacial score (nSPS) is 31.9. The van der Waals surface area contributed by atoms with E-state index >= 15 is 0 Å². The van der Waals surface area contributed by atoms with Gasteiger partial charge in [0.2, 0.25) is 0 Å². The summed E-state index contributed by atoms with van der Waals surface area (Å²) in [6, 6.07) is 0. The maximum Gasteiger partial charge on any atom is 0.410 e. The van der Waals surface area contributed by atoms with E-state index in [2.05, 4.69) is 11.9 Å². The van der Waals surface area contributed by atoms with Crippen LogP contribution in [0.4, 0.5) is 4.79 Å². The lowest BCUT2D eigenvalue weighted by Crippen LogP contribution is -2.57. The molecule has 2 N–H and O–H groups in total. The van der Waals surface area contributed by atoms with Crippen LogP contribution in [-0.4, -0.2) is 61.3 Å². The zero-order valence-electron chi connectivity index (χ0n) is 9.95. The third-order valence-corrected chi connectivity index (χ3v) is 3.53. The molecule has 1 spiro atoms. The van der Waals surface area contributed by atoms with Crippen molar-refractivity contribution in [3.63, 3.8) is 0 Å². The number of nitrogens with zero attached hydrogens (tertiary/aromatic N) is 2. The molecular weight excluding hydrogens is 206 g/mol. The summed E-state index contributed by atoms with van der Waals surface area (Å²) in [7, 11) is 2.08. The molecule has 2 heterocycles. The number of piperidine rings is 1. The van der Waals surface area contributed by atoms with Crippen LogP contribution in [0.2, 0.25) is 0 Å². The van der Waals surface area contributed by atoms with Gasteiger partial charge in [-0.1, -0.05) is 0 Å². The van der Waals surface area contributed by atoms with E-state index in [1.54, 1.807) is 4.90 Å². The minimum absolute atomic E-state index is 0.188. The molecule has 0 aromatic rings. The number of nitrogens with two attached hydrogens (primary N) is 1. The number of carbonyl (C=O) groups is 1. The fraction of sp³-hybridized carbons (Fsp3) is 0.909. The maximum atomic E-state index is 11.8. The van der Waals surface area contributed by atoms with Crippen LogP contribution in [0.5, 0.6) is 0 Å². The van der Waals surface area contributed by atoms with E-state index in [4.69, 9.17) is 10.5 Å². The number of ether oxygens (including phenoxy) is 1. The average molecular weight is 227 g/mol. The van der Waals surface area contributed by atoms with Crippen LogP contribution in [0.25, 0.3) is 0 Å². The first-order valence-electron chi connectivity index (χ1n) is 6.02. The van der Waals surface area contributed by atoms with Crippen molar-refractivity contribution in [3.8, 4) is 0 Å². The predicted octanol–water partition coefficient (Wildman–Crippen LogP) is 0.252. The molecule has 2 rings (SSSR count). The highest BCUT2D eigenvalue weighted by atomic mass is 16.6. The topological polar surface area (TPSA) is 58.8 Å². The van der Waals surface area contributed by atoms with Crippen molar-refractivity contribution in [1.29, 1.82) is 0 Å². The second-order valence-corrected chi connectivity index (χ2v) is 4.92. The lowest BCUT2D eigenvalue weighted by Gasteiger charge is -2.45. The van der Waals surface area contributed by atoms with E-state index in [9.17, 15) is 4.79 Å². The molecule has 0 bridgehead atoms. The third kappa shape index (κ3) is 2.30. The Bertz CT molecular complexity index is 272. The van der Waals surface area contributed by atoms with Gasteiger partial charge in [0.15, 0.2) is 0 Å². The first kappa shape index (κ1) is 11.7. The molecule has 1 unspecified atom stereocenters. The van der Waals surface area contributed by atoms with E-state index < -0.39 is 0 Å². The van der Waals surface area contributed by atoms with Crippen LogP contribution in [-0.2, 0) is 4.74 Å². The molecule has 16 heavy (non-hydrogen) atoms. The zero-order chi connectivity index (χ0) is 11.6. The van der Waals surface area contributed by atoms with E-state index in [0.29, 0.717) is 13.1 Å². The van der Waals surface area contributed by atoms with Crippen molar-refractivity contribution in [2.24, 2.45) is 5.73 Å². The quantitative estimate of drug-likeness (QED) is 0.735. The SMILES string of the molecule is CN1CCCC2(CCN(CCN)C(=O)O2)C1. The Morgan fingerprint density at radius 2 is 2.25 bits per heavy atom. The van der Waals surface area contributed by atoms with Crippen molar-refractivity contribution < 1.29 is 9.53 Å². The van der Waals surface area contributed by atoms with Crippen molar-refractivity contribution in [2.45, 2.75) is 24.9 Å². The molecule has 0 aromatic heterocycles. The van der Waals surface area contributed by atoms with Crippen molar-refractivity contribution >= 4 is 6.09 Å². The Labute approximate surface area is 96.5 Å². The van der Waals surface area contributed by atoms with Crippen molar-refractivity contribution in [3.05, 3.63) is 0 Å². The van der Waals surface area contributed by atoms with E-state index in [1.165, 1.54) is 0 Å². The van der Waals surface area contributed by atoms with Crippen LogP contribution < -0.4 is 5.73 Å². The second-order valence-electron chi connectivity index (χ2n) is 4.92. The lowest BCUT2D eigenvalue weighted by molar-refractivity contribution is -0.0817. The molecular formula is C11H21N3O2. The number of likely N-dealkylation sites (N-methyl/N-ethyl adjacent to an activating group) is 1. The third-order valence-electron chi connectivity index (χ3n) is 3.53. The molecule has 5 nitrogen and oxygen atoms in total. The zero-order valence-corrected chi connectivity index (χ0v) is 9.95. The fourth-order valence-corrected chi connectivity index (χ4v) is 2.70. The number of hydrogen-bond donors (Lipinski definition) is 1. The Morgan fingerprint density at radius 1 is 1.44 bits per heavy atom. The molecule has 5 heteroatoms. The van der Waals surface area contributed by atoms with Crippen LogP contribution in [0.15, 0.2) is 0 Å². The van der Waals surface area contributed by atoms with E-state index in [-0.39, 0.29) is 11.7 Å². The summed E-state index contributed by atoms with van der Waals surface area (Å²) in [5.41, 5.74) is 5.23. The predicted molar refractivity (Wildman–Crippen MR) is 61.2 cm³/mol. The number of likely N-dealkylation sites (tertiary alicyclic amines) is 1. The Kier molecular flexibility index (Phi) is 3.35. The Hall–Kier alpha value is -0.810. The first-order chi connectivity index (χ1) is 7.65. The number of hydrogen-bond acceptors (Lipinski definition) is 4. The summed E-state index contributed by atoms with van der Waals surface area (Å²) < 4.78 is 5.64. The van der Waals surface area contributed by atoms with Gasteiger partial charge >= 0.3 is 6.09 Å². The highest BCUT2D eigenvalue weighted by Crippen LogP contribution is 2.31. The van der Waals surface area contributed by atoms with Crippen LogP contribution in [0.3, 0.4) is 0 Å². The Balaban J connectivity index is 1.97. The van der Waals surface area contributed by atoms with Gasteiger partial charge in [-0.2, -0.15) is 0 Å². The molecule has 2 aliphatic heterocycles. The van der Waals surface area contributed by atoms with Crippen LogP contribution in [0, 0.1) is 0 Å². The first-order valence-corrected chi connectivity index (χ1v) is 6.02. The summed E-state index contributed by atoms with van der Waals surface area (Å²) in [6.07, 6.45) is 2.86. The lowest BCUT2D eigenvalue weighted by atomic mass is 9.88. The van der Waals surface area contributed by atoms with Crippen LogP contribution >= 0.6 is 0 Å². The van der Waals surface area contributed by atoms with Gasteiger partial charge in [-0.05, 0) is 26.4 Å². The molecule has 92 valence electrons. The summed E-state index contributed by atoms with van der Waals surface area (Å²) in [6.45, 7) is 3.86. The van der Waals surface area contributed by atoms with Crippen molar-refractivity contribution in [1.82, 2.24) is 9.80 Å². The molecule has 2 aliphatic rings. The summed E-state index contributed by atoms with van der Waals surface area (Å²) in [5, 5.41) is 0. The molecule has 0 aliphatic carbocycles. The van der Waals surface area contributed by atoms with Gasteiger partial charge < -0.3 is 20.3 Å². The van der Waals surface area contributed by atoms with Gasteiger partial charge in [-0.15, -0.1) is 0 Å². The monoisotopic (exact) mass is 227 g/mol. The maximum absolute atomic E-state index is 11.8. The number of amides is 1. The number of carbonyl (C=O) groups excluding carboxylic acids is 1. The summed E-state index contributed by atoms with van der Waals surface area (Å²) in [4.78, 5) is 15.7. The standard InChI is InChI=1S/C11H21N3O2/c1-13-6-2-3-11(9-13)4-7-14(8-5-12)10(15)16-11/h2-9,12H2,1H3. The van der Waals surface area contributed by atoms with E-state index in [1.807, 2.05) is 0 Å². The Morgan fingerprint density at radius 3 is 2.88 bits per heavy atom. The summed E-state index contributed by atoms with van der Waals surface area (Å²) in [5.74, 6) is 0. The van der Waals surface area contributed by atoms with Gasteiger partial charge in [0.25, 0.3) is 0 Å². The molecule has 2 saturated heterocycles. The molecule has 0 aromatic carbocycles. The van der Waals surface area contributed by atoms with Crippen LogP contribution in [0.1, 0.15) is 19.3 Å². The second kappa shape index (κ2) is 4.59. The molecule has 0 radical (unpaired) electrons. The highest BCUT2D eigenvalue weighted by molar-refractivity contribution is 5.69. The summed E-state index contributed by atoms with van der Waals surface area (Å²) >= 11 is 0. The molecule has 2 fully saturated rings. The molecule has 1 atom stereocenters. The minimum atomic E-state index is -0.227. The van der Waals surface area contributed by atoms with E-state index in [0.717, 1.165) is 38.9 Å². The molecule has 1 amide bonds. The largest absolute Gasteiger partial charge is 0.441 e. The fourth-order valence-electron chi connectivity index (χ4n) is 2.70. The average Bonchev–Trinajstić information content (AvgIpc) is 2.22. The van der Waals surface area contributed by atoms with Gasteiger partial charge in [0.05, 0.1) is 0 Å². The number of rotatable bonds is 2. The smallest absolute Gasteiger partial charge is 0.410 e. The van der Waals surface area contributed by atoms with Gasteiger partial charge in [-0.3, -0.25) is 0 Å².